The number of halogens is 1. The second kappa shape index (κ2) is 7.76. The van der Waals surface area contributed by atoms with E-state index in [2.05, 4.69) is 4.90 Å². The molecule has 1 aliphatic carbocycles. The third kappa shape index (κ3) is 4.99. The SMILES string of the molecule is CC(C)(C)OC(=O)N1CCN(C2CCC(O)(c3ccc(F)cc3)CC2)CC1. The molecule has 0 aromatic heterocycles. The molecule has 6 heteroatoms. The lowest BCUT2D eigenvalue weighted by atomic mass is 9.77. The molecule has 2 aliphatic rings. The predicted molar refractivity (Wildman–Crippen MR) is 102 cm³/mol. The summed E-state index contributed by atoms with van der Waals surface area (Å²) in [4.78, 5) is 16.4. The molecule has 27 heavy (non-hydrogen) atoms. The van der Waals surface area contributed by atoms with Crippen LogP contribution in [0.1, 0.15) is 52.0 Å². The van der Waals surface area contributed by atoms with Gasteiger partial charge in [0.15, 0.2) is 0 Å². The Balaban J connectivity index is 1.50. The van der Waals surface area contributed by atoms with Gasteiger partial charge in [-0.15, -0.1) is 0 Å². The molecule has 0 spiro atoms. The standard InChI is InChI=1S/C21H31FN2O3/c1-20(2,3)27-19(25)24-14-12-23(13-15-24)18-8-10-21(26,11-9-18)16-4-6-17(22)7-5-16/h4-7,18,26H,8-15H2,1-3H3. The largest absolute Gasteiger partial charge is 0.444 e. The number of piperazine rings is 1. The number of aliphatic hydroxyl groups is 1. The van der Waals surface area contributed by atoms with Crippen molar-refractivity contribution in [2.45, 2.75) is 63.7 Å². The Morgan fingerprint density at radius 2 is 1.67 bits per heavy atom. The Morgan fingerprint density at radius 3 is 2.19 bits per heavy atom. The van der Waals surface area contributed by atoms with Crippen molar-refractivity contribution in [1.82, 2.24) is 9.80 Å². The Labute approximate surface area is 161 Å². The van der Waals surface area contributed by atoms with Gasteiger partial charge in [-0.2, -0.15) is 0 Å². The summed E-state index contributed by atoms with van der Waals surface area (Å²) in [6.07, 6.45) is 2.92. The maximum Gasteiger partial charge on any atom is 0.410 e. The van der Waals surface area contributed by atoms with Gasteiger partial charge in [0.05, 0.1) is 5.60 Å². The van der Waals surface area contributed by atoms with Gasteiger partial charge in [-0.05, 0) is 64.2 Å². The maximum absolute atomic E-state index is 13.1. The minimum absolute atomic E-state index is 0.239. The first kappa shape index (κ1) is 20.1. The molecule has 3 rings (SSSR count). The summed E-state index contributed by atoms with van der Waals surface area (Å²) >= 11 is 0. The molecule has 1 aliphatic heterocycles. The number of amides is 1. The minimum atomic E-state index is -0.859. The summed E-state index contributed by atoms with van der Waals surface area (Å²) in [6.45, 7) is 8.65. The van der Waals surface area contributed by atoms with Crippen molar-refractivity contribution in [1.29, 1.82) is 0 Å². The fourth-order valence-corrected chi connectivity index (χ4v) is 4.09. The highest BCUT2D eigenvalue weighted by molar-refractivity contribution is 5.68. The normalized spacial score (nSPS) is 27.4. The molecule has 5 nitrogen and oxygen atoms in total. The highest BCUT2D eigenvalue weighted by Gasteiger charge is 2.37. The van der Waals surface area contributed by atoms with Gasteiger partial charge >= 0.3 is 6.09 Å². The number of hydrogen-bond acceptors (Lipinski definition) is 4. The van der Waals surface area contributed by atoms with Crippen LogP contribution in [-0.2, 0) is 10.3 Å². The van der Waals surface area contributed by atoms with Gasteiger partial charge < -0.3 is 14.7 Å². The topological polar surface area (TPSA) is 53.0 Å². The Bertz CT molecular complexity index is 640. The molecular weight excluding hydrogens is 347 g/mol. The molecule has 1 heterocycles. The van der Waals surface area contributed by atoms with Crippen LogP contribution in [0.3, 0.4) is 0 Å². The summed E-state index contributed by atoms with van der Waals surface area (Å²) in [6, 6.07) is 6.63. The first-order chi connectivity index (χ1) is 12.7. The van der Waals surface area contributed by atoms with Gasteiger partial charge in [0.25, 0.3) is 0 Å². The number of carbonyl (C=O) groups is 1. The third-order valence-electron chi connectivity index (χ3n) is 5.65. The minimum Gasteiger partial charge on any atom is -0.444 e. The zero-order valence-corrected chi connectivity index (χ0v) is 16.6. The van der Waals surface area contributed by atoms with E-state index in [0.29, 0.717) is 32.0 Å². The van der Waals surface area contributed by atoms with Crippen LogP contribution >= 0.6 is 0 Å². The first-order valence-corrected chi connectivity index (χ1v) is 9.87. The fourth-order valence-electron chi connectivity index (χ4n) is 4.09. The summed E-state index contributed by atoms with van der Waals surface area (Å²) in [5, 5.41) is 11.0. The van der Waals surface area contributed by atoms with Gasteiger partial charge in [-0.3, -0.25) is 4.90 Å². The summed E-state index contributed by atoms with van der Waals surface area (Å²) < 4.78 is 18.6. The fraction of sp³-hybridized carbons (Fsp3) is 0.667. The van der Waals surface area contributed by atoms with Gasteiger partial charge in [0, 0.05) is 32.2 Å². The van der Waals surface area contributed by atoms with Crippen molar-refractivity contribution < 1.29 is 19.0 Å². The molecule has 150 valence electrons. The molecule has 0 radical (unpaired) electrons. The lowest BCUT2D eigenvalue weighted by molar-refractivity contribution is -0.0338. The number of nitrogens with zero attached hydrogens (tertiary/aromatic N) is 2. The number of benzene rings is 1. The van der Waals surface area contributed by atoms with E-state index < -0.39 is 11.2 Å². The van der Waals surface area contributed by atoms with Crippen LogP contribution in [0.2, 0.25) is 0 Å². The summed E-state index contributed by atoms with van der Waals surface area (Å²) in [5.74, 6) is -0.279. The number of carbonyl (C=O) groups excluding carboxylic acids is 1. The highest BCUT2D eigenvalue weighted by atomic mass is 19.1. The molecule has 1 aromatic rings. The molecule has 0 atom stereocenters. The maximum atomic E-state index is 13.1. The predicted octanol–water partition coefficient (Wildman–Crippen LogP) is 3.51. The van der Waals surface area contributed by atoms with Crippen LogP contribution < -0.4 is 0 Å². The lowest BCUT2D eigenvalue weighted by Crippen LogP contribution is -2.54. The molecule has 1 saturated heterocycles. The van der Waals surface area contributed by atoms with E-state index in [0.717, 1.165) is 31.5 Å². The summed E-state index contributed by atoms with van der Waals surface area (Å²) in [7, 11) is 0. The van der Waals surface area contributed by atoms with Crippen molar-refractivity contribution in [3.63, 3.8) is 0 Å². The van der Waals surface area contributed by atoms with E-state index in [9.17, 15) is 14.3 Å². The Kier molecular flexibility index (Phi) is 5.77. The van der Waals surface area contributed by atoms with Crippen LogP contribution in [0.4, 0.5) is 9.18 Å². The number of hydrogen-bond donors (Lipinski definition) is 1. The van der Waals surface area contributed by atoms with Crippen LogP contribution in [0, 0.1) is 5.82 Å². The van der Waals surface area contributed by atoms with E-state index in [1.54, 1.807) is 17.0 Å². The van der Waals surface area contributed by atoms with Crippen molar-refractivity contribution in [2.75, 3.05) is 26.2 Å². The van der Waals surface area contributed by atoms with E-state index in [4.69, 9.17) is 4.74 Å². The van der Waals surface area contributed by atoms with Gasteiger partial charge in [0.2, 0.25) is 0 Å². The molecule has 0 unspecified atom stereocenters. The quantitative estimate of drug-likeness (QED) is 0.856. The van der Waals surface area contributed by atoms with Crippen LogP contribution in [0.25, 0.3) is 0 Å². The number of rotatable bonds is 2. The van der Waals surface area contributed by atoms with Crippen LogP contribution in [0.5, 0.6) is 0 Å². The van der Waals surface area contributed by atoms with Gasteiger partial charge in [0.1, 0.15) is 11.4 Å². The lowest BCUT2D eigenvalue weighted by Gasteiger charge is -2.44. The van der Waals surface area contributed by atoms with Gasteiger partial charge in [-0.25, -0.2) is 9.18 Å². The summed E-state index contributed by atoms with van der Waals surface area (Å²) in [5.41, 5.74) is -0.526. The van der Waals surface area contributed by atoms with Gasteiger partial charge in [-0.1, -0.05) is 12.1 Å². The molecule has 2 fully saturated rings. The van der Waals surface area contributed by atoms with Crippen molar-refractivity contribution in [3.05, 3.63) is 35.6 Å². The Hall–Kier alpha value is -1.66. The van der Waals surface area contributed by atoms with E-state index >= 15 is 0 Å². The molecular formula is C21H31FN2O3. The second-order valence-electron chi connectivity index (χ2n) is 8.77. The first-order valence-electron chi connectivity index (χ1n) is 9.87. The molecule has 1 amide bonds. The zero-order chi connectivity index (χ0) is 19.7. The van der Waals surface area contributed by atoms with Crippen LogP contribution in [0.15, 0.2) is 24.3 Å². The highest BCUT2D eigenvalue weighted by Crippen LogP contribution is 2.38. The Morgan fingerprint density at radius 1 is 1.11 bits per heavy atom. The van der Waals surface area contributed by atoms with E-state index in [-0.39, 0.29) is 11.9 Å². The van der Waals surface area contributed by atoms with Crippen molar-refractivity contribution >= 4 is 6.09 Å². The van der Waals surface area contributed by atoms with E-state index in [1.165, 1.54) is 12.1 Å². The zero-order valence-electron chi connectivity index (χ0n) is 16.6. The molecule has 1 N–H and O–H groups in total. The second-order valence-corrected chi connectivity index (χ2v) is 8.77. The third-order valence-corrected chi connectivity index (χ3v) is 5.65. The molecule has 0 bridgehead atoms. The van der Waals surface area contributed by atoms with Crippen molar-refractivity contribution in [2.24, 2.45) is 0 Å². The number of ether oxygens (including phenoxy) is 1. The van der Waals surface area contributed by atoms with Crippen LogP contribution in [-0.4, -0.2) is 58.8 Å². The average molecular weight is 378 g/mol. The monoisotopic (exact) mass is 378 g/mol. The van der Waals surface area contributed by atoms with Crippen molar-refractivity contribution in [3.8, 4) is 0 Å². The smallest absolute Gasteiger partial charge is 0.410 e. The molecule has 1 aromatic carbocycles. The molecule has 1 saturated carbocycles. The average Bonchev–Trinajstić information content (AvgIpc) is 2.61. The van der Waals surface area contributed by atoms with E-state index in [1.807, 2.05) is 20.8 Å².